The monoisotopic (exact) mass is 410 g/mol. The van der Waals surface area contributed by atoms with Crippen molar-refractivity contribution in [3.63, 3.8) is 0 Å². The number of carbonyl (C=O) groups excluding carboxylic acids is 4. The zero-order valence-corrected chi connectivity index (χ0v) is 16.3. The van der Waals surface area contributed by atoms with E-state index in [2.05, 4.69) is 5.32 Å². The van der Waals surface area contributed by atoms with Crippen molar-refractivity contribution >= 4 is 40.4 Å². The number of rotatable bonds is 11. The molecule has 0 saturated carbocycles. The predicted octanol–water partition coefficient (Wildman–Crippen LogP) is 0.751. The molecule has 10 heteroatoms. The van der Waals surface area contributed by atoms with Gasteiger partial charge >= 0.3 is 5.97 Å². The van der Waals surface area contributed by atoms with Crippen LogP contribution in [0.15, 0.2) is 24.3 Å². The van der Waals surface area contributed by atoms with Gasteiger partial charge in [-0.15, -0.1) is 0 Å². The van der Waals surface area contributed by atoms with Gasteiger partial charge in [0.1, 0.15) is 11.8 Å². The number of methoxy groups -OCH3 is 1. The molecule has 0 aromatic heterocycles. The highest BCUT2D eigenvalue weighted by Crippen LogP contribution is 2.22. The van der Waals surface area contributed by atoms with Crippen LogP contribution in [0.4, 0.5) is 0 Å². The number of nitrogens with one attached hydrogen (secondary N) is 1. The van der Waals surface area contributed by atoms with Crippen LogP contribution in [0.25, 0.3) is 0 Å². The molecule has 1 rings (SSSR count). The van der Waals surface area contributed by atoms with Crippen molar-refractivity contribution < 1.29 is 33.8 Å². The Balaban J connectivity index is 2.86. The first kappa shape index (κ1) is 23.2. The summed E-state index contributed by atoms with van der Waals surface area (Å²) < 4.78 is 5.02. The highest BCUT2D eigenvalue weighted by atomic mass is 32.2. The number of hydrogen-bond acceptors (Lipinski definition) is 7. The molecule has 0 aliphatic heterocycles. The van der Waals surface area contributed by atoms with Crippen LogP contribution in [-0.4, -0.2) is 52.2 Å². The van der Waals surface area contributed by atoms with E-state index >= 15 is 0 Å². The van der Waals surface area contributed by atoms with Crippen molar-refractivity contribution in [2.24, 2.45) is 5.73 Å². The number of aliphatic carboxylic acids is 1. The van der Waals surface area contributed by atoms with Crippen LogP contribution in [-0.2, 0) is 19.2 Å². The first-order valence-electron chi connectivity index (χ1n) is 8.30. The number of carboxylic acid groups (broad SMARTS) is 1. The molecule has 28 heavy (non-hydrogen) atoms. The summed E-state index contributed by atoms with van der Waals surface area (Å²) in [6.07, 6.45) is -0.781. The molecule has 0 saturated heterocycles. The lowest BCUT2D eigenvalue weighted by molar-refractivity contribution is -0.142. The van der Waals surface area contributed by atoms with Crippen molar-refractivity contribution in [3.05, 3.63) is 29.8 Å². The van der Waals surface area contributed by atoms with Gasteiger partial charge in [-0.25, -0.2) is 4.79 Å². The first-order valence-corrected chi connectivity index (χ1v) is 9.18. The minimum absolute atomic E-state index is 0.173. The summed E-state index contributed by atoms with van der Waals surface area (Å²) in [7, 11) is 1.48. The largest absolute Gasteiger partial charge is 0.497 e. The number of amides is 2. The van der Waals surface area contributed by atoms with E-state index in [9.17, 15) is 24.0 Å². The first-order chi connectivity index (χ1) is 13.1. The molecule has 2 amide bonds. The molecule has 0 bridgehead atoms. The average molecular weight is 410 g/mol. The van der Waals surface area contributed by atoms with Gasteiger partial charge in [0, 0.05) is 25.3 Å². The molecule has 0 spiro atoms. The molecule has 0 heterocycles. The van der Waals surface area contributed by atoms with Gasteiger partial charge in [-0.05, 0) is 30.7 Å². The molecule has 0 radical (unpaired) electrons. The summed E-state index contributed by atoms with van der Waals surface area (Å²) in [5, 5.41) is 10.0. The van der Waals surface area contributed by atoms with Crippen molar-refractivity contribution in [2.45, 2.75) is 37.5 Å². The molecule has 152 valence electrons. The van der Waals surface area contributed by atoms with E-state index in [1.54, 1.807) is 12.1 Å². The minimum Gasteiger partial charge on any atom is -0.497 e. The maximum atomic E-state index is 12.7. The maximum Gasteiger partial charge on any atom is 0.326 e. The number of ether oxygens (including phenoxy) is 1. The number of carboxylic acids is 1. The topological polar surface area (TPSA) is 153 Å². The number of nitrogens with two attached hydrogens (primary N) is 1. The van der Waals surface area contributed by atoms with Gasteiger partial charge in [0.05, 0.1) is 12.4 Å². The molecule has 4 N–H and O–H groups in total. The lowest BCUT2D eigenvalue weighted by atomic mass is 10.1. The third-order valence-electron chi connectivity index (χ3n) is 3.66. The van der Waals surface area contributed by atoms with Crippen molar-refractivity contribution in [3.8, 4) is 5.75 Å². The van der Waals surface area contributed by atoms with Gasteiger partial charge in [-0.2, -0.15) is 0 Å². The van der Waals surface area contributed by atoms with E-state index < -0.39 is 41.3 Å². The third kappa shape index (κ3) is 7.78. The average Bonchev–Trinajstić information content (AvgIpc) is 2.63. The lowest BCUT2D eigenvalue weighted by Crippen LogP contribution is -2.43. The van der Waals surface area contributed by atoms with Crippen LogP contribution in [0, 0.1) is 0 Å². The summed E-state index contributed by atoms with van der Waals surface area (Å²) in [6, 6.07) is 4.86. The van der Waals surface area contributed by atoms with E-state index in [1.807, 2.05) is 0 Å². The zero-order chi connectivity index (χ0) is 21.3. The SMILES string of the molecule is COc1ccc(C(=O)C(CC(=O)N[C@@H](CCC(N)=O)C(=O)O)SC(C)=O)cc1. The summed E-state index contributed by atoms with van der Waals surface area (Å²) >= 11 is 0.692. The summed E-state index contributed by atoms with van der Waals surface area (Å²) in [6.45, 7) is 1.27. The van der Waals surface area contributed by atoms with E-state index in [1.165, 1.54) is 26.2 Å². The second kappa shape index (κ2) is 11.1. The number of benzene rings is 1. The zero-order valence-electron chi connectivity index (χ0n) is 15.5. The highest BCUT2D eigenvalue weighted by Gasteiger charge is 2.28. The molecule has 9 nitrogen and oxygen atoms in total. The summed E-state index contributed by atoms with van der Waals surface area (Å²) in [5.74, 6) is -2.64. The molecular weight excluding hydrogens is 388 g/mol. The normalized spacial score (nSPS) is 12.5. The van der Waals surface area contributed by atoms with Crippen LogP contribution in [0.1, 0.15) is 36.5 Å². The number of primary amides is 1. The predicted molar refractivity (Wildman–Crippen MR) is 102 cm³/mol. The van der Waals surface area contributed by atoms with Gasteiger partial charge < -0.3 is 20.9 Å². The van der Waals surface area contributed by atoms with Crippen molar-refractivity contribution in [1.82, 2.24) is 5.32 Å². The van der Waals surface area contributed by atoms with Crippen LogP contribution in [0.3, 0.4) is 0 Å². The standard InChI is InChI=1S/C18H22N2O7S/c1-10(21)28-14(17(24)11-3-5-12(27-2)6-4-11)9-16(23)20-13(18(25)26)7-8-15(19)22/h3-6,13-14H,7-9H2,1-2H3,(H2,19,22)(H,20,23)(H,25,26)/t13-,14?/m0/s1. The Morgan fingerprint density at radius 1 is 1.18 bits per heavy atom. The molecule has 2 atom stereocenters. The summed E-state index contributed by atoms with van der Waals surface area (Å²) in [4.78, 5) is 58.5. The molecule has 1 aromatic carbocycles. The number of ketones is 1. The number of carbonyl (C=O) groups is 5. The second-order valence-electron chi connectivity index (χ2n) is 5.86. The van der Waals surface area contributed by atoms with Crippen LogP contribution in [0.5, 0.6) is 5.75 Å². The lowest BCUT2D eigenvalue weighted by Gasteiger charge is -2.17. The van der Waals surface area contributed by atoms with Gasteiger partial charge in [-0.3, -0.25) is 19.2 Å². The fourth-order valence-corrected chi connectivity index (χ4v) is 3.17. The second-order valence-corrected chi connectivity index (χ2v) is 7.24. The van der Waals surface area contributed by atoms with E-state index in [0.29, 0.717) is 17.5 Å². The van der Waals surface area contributed by atoms with Gasteiger partial charge in [0.25, 0.3) is 0 Å². The fraction of sp³-hybridized carbons (Fsp3) is 0.389. The Morgan fingerprint density at radius 2 is 1.79 bits per heavy atom. The van der Waals surface area contributed by atoms with E-state index in [0.717, 1.165) is 0 Å². The Bertz CT molecular complexity index is 749. The highest BCUT2D eigenvalue weighted by molar-refractivity contribution is 8.14. The van der Waals surface area contributed by atoms with E-state index in [-0.39, 0.29) is 23.5 Å². The molecule has 0 aliphatic carbocycles. The number of hydrogen-bond donors (Lipinski definition) is 3. The molecule has 1 unspecified atom stereocenters. The van der Waals surface area contributed by atoms with Crippen molar-refractivity contribution in [1.29, 1.82) is 0 Å². The molecule has 1 aromatic rings. The van der Waals surface area contributed by atoms with E-state index in [4.69, 9.17) is 15.6 Å². The van der Waals surface area contributed by atoms with Gasteiger partial charge in [0.15, 0.2) is 10.9 Å². The number of Topliss-reactive ketones (excluding diaryl/α,β-unsaturated/α-hetero) is 1. The molecular formula is C18H22N2O7S. The Morgan fingerprint density at radius 3 is 2.25 bits per heavy atom. The fourth-order valence-electron chi connectivity index (χ4n) is 2.30. The van der Waals surface area contributed by atoms with Crippen LogP contribution < -0.4 is 15.8 Å². The summed E-state index contributed by atoms with van der Waals surface area (Å²) in [5.41, 5.74) is 5.28. The Labute approximate surface area is 166 Å². The quantitative estimate of drug-likeness (QED) is 0.452. The Hall–Kier alpha value is -2.88. The van der Waals surface area contributed by atoms with Gasteiger partial charge in [-0.1, -0.05) is 11.8 Å². The third-order valence-corrected chi connectivity index (χ3v) is 4.66. The van der Waals surface area contributed by atoms with Gasteiger partial charge in [0.2, 0.25) is 11.8 Å². The van der Waals surface area contributed by atoms with Crippen LogP contribution in [0.2, 0.25) is 0 Å². The smallest absolute Gasteiger partial charge is 0.326 e. The van der Waals surface area contributed by atoms with Crippen molar-refractivity contribution in [2.75, 3.05) is 7.11 Å². The molecule has 0 fully saturated rings. The minimum atomic E-state index is -1.33. The maximum absolute atomic E-state index is 12.7. The Kier molecular flexibility index (Phi) is 9.16. The van der Waals surface area contributed by atoms with Crippen LogP contribution >= 0.6 is 11.8 Å². The molecule has 0 aliphatic rings. The number of thioether (sulfide) groups is 1.